The van der Waals surface area contributed by atoms with Crippen LogP contribution < -0.4 is 25.0 Å². The summed E-state index contributed by atoms with van der Waals surface area (Å²) in [5.74, 6) is -0.477. The predicted octanol–water partition coefficient (Wildman–Crippen LogP) is 6.03. The minimum absolute atomic E-state index is 0.101. The third kappa shape index (κ3) is 9.10. The molecule has 0 saturated carbocycles. The second kappa shape index (κ2) is 16.0. The van der Waals surface area contributed by atoms with Crippen molar-refractivity contribution in [2.24, 2.45) is 5.10 Å². The normalized spacial score (nSPS) is 10.8. The van der Waals surface area contributed by atoms with E-state index >= 15 is 0 Å². The van der Waals surface area contributed by atoms with Gasteiger partial charge in [-0.1, -0.05) is 30.3 Å². The van der Waals surface area contributed by atoms with Crippen LogP contribution in [0.1, 0.15) is 45.7 Å². The van der Waals surface area contributed by atoms with E-state index in [-0.39, 0.29) is 17.0 Å². The Labute approximate surface area is 264 Å². The zero-order valence-electron chi connectivity index (χ0n) is 25.0. The van der Waals surface area contributed by atoms with E-state index in [0.717, 1.165) is 6.08 Å². The number of nitro benzene ring substituents is 1. The van der Waals surface area contributed by atoms with Crippen LogP contribution in [0.5, 0.6) is 17.2 Å². The van der Waals surface area contributed by atoms with Crippen molar-refractivity contribution in [1.29, 1.82) is 0 Å². The summed E-state index contributed by atoms with van der Waals surface area (Å²) >= 11 is 0. The lowest BCUT2D eigenvalue weighted by molar-refractivity contribution is -0.384. The number of nitrogens with zero attached hydrogens (tertiary/aromatic N) is 2. The molecule has 12 heteroatoms. The molecule has 4 aromatic carbocycles. The van der Waals surface area contributed by atoms with Crippen LogP contribution in [0.15, 0.2) is 102 Å². The molecule has 4 rings (SSSR count). The van der Waals surface area contributed by atoms with Crippen LogP contribution >= 0.6 is 0 Å². The second-order valence-corrected chi connectivity index (χ2v) is 9.41. The summed E-state index contributed by atoms with van der Waals surface area (Å²) in [5, 5.41) is 17.7. The van der Waals surface area contributed by atoms with E-state index in [9.17, 15) is 24.5 Å². The molecule has 0 aliphatic rings. The highest BCUT2D eigenvalue weighted by Gasteiger charge is 2.13. The number of carbonyl (C=O) groups excluding carboxylic acids is 3. The van der Waals surface area contributed by atoms with Crippen LogP contribution in [0, 0.1) is 10.1 Å². The number of nitrogens with one attached hydrogen (secondary N) is 2. The number of amides is 2. The van der Waals surface area contributed by atoms with Crippen molar-refractivity contribution in [1.82, 2.24) is 5.43 Å². The number of hydrazone groups is 1. The number of nitro groups is 1. The molecule has 0 aliphatic carbocycles. The maximum atomic E-state index is 12.9. The zero-order chi connectivity index (χ0) is 32.9. The number of rotatable bonds is 13. The van der Waals surface area contributed by atoms with Gasteiger partial charge in [0.05, 0.1) is 24.4 Å². The van der Waals surface area contributed by atoms with E-state index < -0.39 is 22.7 Å². The van der Waals surface area contributed by atoms with E-state index in [0.29, 0.717) is 47.1 Å². The molecule has 0 atom stereocenters. The number of hydrogen-bond donors (Lipinski definition) is 2. The quantitative estimate of drug-likeness (QED) is 0.0457. The molecule has 2 N–H and O–H groups in total. The fourth-order valence-electron chi connectivity index (χ4n) is 4.09. The molecule has 46 heavy (non-hydrogen) atoms. The summed E-state index contributed by atoms with van der Waals surface area (Å²) in [6.07, 6.45) is 3.87. The molecule has 0 aromatic heterocycles. The third-order valence-electron chi connectivity index (χ3n) is 6.18. The topological polar surface area (TPSA) is 158 Å². The van der Waals surface area contributed by atoms with Crippen LogP contribution in [-0.2, 0) is 4.79 Å². The summed E-state index contributed by atoms with van der Waals surface area (Å²) in [4.78, 5) is 48.6. The Bertz CT molecular complexity index is 1800. The van der Waals surface area contributed by atoms with Crippen LogP contribution in [0.25, 0.3) is 6.08 Å². The van der Waals surface area contributed by atoms with Gasteiger partial charge in [-0.25, -0.2) is 10.2 Å². The number of carbonyl (C=O) groups is 3. The van der Waals surface area contributed by atoms with Gasteiger partial charge >= 0.3 is 5.97 Å². The Balaban J connectivity index is 1.37. The molecule has 12 nitrogen and oxygen atoms in total. The Hall–Kier alpha value is -6.30. The molecule has 0 unspecified atom stereocenters. The largest absolute Gasteiger partial charge is 0.490 e. The summed E-state index contributed by atoms with van der Waals surface area (Å²) in [5.41, 5.74) is 4.16. The molecular formula is C34H30N4O8. The second-order valence-electron chi connectivity index (χ2n) is 9.41. The highest BCUT2D eigenvalue weighted by molar-refractivity contribution is 6.05. The number of ether oxygens (including phenoxy) is 3. The van der Waals surface area contributed by atoms with Gasteiger partial charge in [0.1, 0.15) is 5.75 Å². The first-order valence-corrected chi connectivity index (χ1v) is 14.1. The fraction of sp³-hybridized carbons (Fsp3) is 0.118. The molecule has 0 spiro atoms. The molecule has 0 saturated heterocycles. The lowest BCUT2D eigenvalue weighted by Gasteiger charge is -2.12. The minimum Gasteiger partial charge on any atom is -0.490 e. The summed E-state index contributed by atoms with van der Waals surface area (Å²) in [6, 6.07) is 23.6. The molecule has 234 valence electrons. The van der Waals surface area contributed by atoms with E-state index in [4.69, 9.17) is 14.2 Å². The van der Waals surface area contributed by atoms with Crippen molar-refractivity contribution in [3.05, 3.63) is 129 Å². The first-order chi connectivity index (χ1) is 22.3. The summed E-state index contributed by atoms with van der Waals surface area (Å²) in [6.45, 7) is 4.55. The maximum Gasteiger partial charge on any atom is 0.336 e. The molecule has 0 aliphatic heterocycles. The van der Waals surface area contributed by atoms with Crippen molar-refractivity contribution in [3.63, 3.8) is 0 Å². The standard InChI is InChI=1S/C34H30N4O8/c1-3-44-30-17-16-25(21-31(30)45-4-2)33(40)36-27-12-8-11-24(20-27)34(41)37-35-22-26-10-5-6-14-29(26)46-32(39)18-15-23-9-7-13-28(19-23)38(42)43/h5-22H,3-4H2,1-2H3,(H,36,40)(H,37,41)/b18-15+,35-22?. The molecular weight excluding hydrogens is 592 g/mol. The molecule has 4 aromatic rings. The van der Waals surface area contributed by atoms with Crippen LogP contribution in [0.4, 0.5) is 11.4 Å². The molecule has 0 heterocycles. The van der Waals surface area contributed by atoms with Gasteiger partial charge in [-0.3, -0.25) is 19.7 Å². The molecule has 0 bridgehead atoms. The van der Waals surface area contributed by atoms with Gasteiger partial charge < -0.3 is 19.5 Å². The van der Waals surface area contributed by atoms with Crippen molar-refractivity contribution >= 4 is 41.4 Å². The van der Waals surface area contributed by atoms with Crippen molar-refractivity contribution in [3.8, 4) is 17.2 Å². The van der Waals surface area contributed by atoms with Gasteiger partial charge in [0.15, 0.2) is 11.5 Å². The Morgan fingerprint density at radius 2 is 1.54 bits per heavy atom. The van der Waals surface area contributed by atoms with Crippen LogP contribution in [-0.4, -0.2) is 42.1 Å². The third-order valence-corrected chi connectivity index (χ3v) is 6.18. The molecule has 0 radical (unpaired) electrons. The smallest absolute Gasteiger partial charge is 0.336 e. The monoisotopic (exact) mass is 622 g/mol. The van der Waals surface area contributed by atoms with E-state index in [1.54, 1.807) is 66.7 Å². The number of para-hydroxylation sites is 1. The number of non-ortho nitro benzene ring substituents is 1. The molecule has 2 amide bonds. The summed E-state index contributed by atoms with van der Waals surface area (Å²) < 4.78 is 16.5. The van der Waals surface area contributed by atoms with Gasteiger partial charge in [-0.2, -0.15) is 5.10 Å². The number of hydrogen-bond acceptors (Lipinski definition) is 9. The van der Waals surface area contributed by atoms with Crippen LogP contribution in [0.2, 0.25) is 0 Å². The number of benzene rings is 4. The number of anilines is 1. The first-order valence-electron chi connectivity index (χ1n) is 14.1. The van der Waals surface area contributed by atoms with Crippen molar-refractivity contribution < 1.29 is 33.5 Å². The lowest BCUT2D eigenvalue weighted by atomic mass is 10.1. The average Bonchev–Trinajstić information content (AvgIpc) is 3.05. The van der Waals surface area contributed by atoms with E-state index in [1.165, 1.54) is 36.6 Å². The Morgan fingerprint density at radius 1 is 0.804 bits per heavy atom. The molecule has 0 fully saturated rings. The lowest BCUT2D eigenvalue weighted by Crippen LogP contribution is -2.18. The van der Waals surface area contributed by atoms with E-state index in [2.05, 4.69) is 15.8 Å². The maximum absolute atomic E-state index is 12.9. The van der Waals surface area contributed by atoms with Gasteiger partial charge in [-0.05, 0) is 74.0 Å². The van der Waals surface area contributed by atoms with Gasteiger partial charge in [0, 0.05) is 40.6 Å². The van der Waals surface area contributed by atoms with Crippen LogP contribution in [0.3, 0.4) is 0 Å². The number of esters is 1. The van der Waals surface area contributed by atoms with Gasteiger partial charge in [0.25, 0.3) is 17.5 Å². The van der Waals surface area contributed by atoms with Gasteiger partial charge in [0.2, 0.25) is 0 Å². The highest BCUT2D eigenvalue weighted by atomic mass is 16.6. The highest BCUT2D eigenvalue weighted by Crippen LogP contribution is 2.29. The SMILES string of the molecule is CCOc1ccc(C(=O)Nc2cccc(C(=O)NN=Cc3ccccc3OC(=O)/C=C/c3cccc([N+](=O)[O-])c3)c2)cc1OCC. The van der Waals surface area contributed by atoms with Crippen molar-refractivity contribution in [2.75, 3.05) is 18.5 Å². The van der Waals surface area contributed by atoms with Gasteiger partial charge in [-0.15, -0.1) is 0 Å². The first kappa shape index (κ1) is 32.6. The van der Waals surface area contributed by atoms with E-state index in [1.807, 2.05) is 13.8 Å². The Morgan fingerprint density at radius 3 is 2.33 bits per heavy atom. The fourth-order valence-corrected chi connectivity index (χ4v) is 4.09. The summed E-state index contributed by atoms with van der Waals surface area (Å²) in [7, 11) is 0. The van der Waals surface area contributed by atoms with Crippen molar-refractivity contribution in [2.45, 2.75) is 13.8 Å². The predicted molar refractivity (Wildman–Crippen MR) is 172 cm³/mol. The Kier molecular flexibility index (Phi) is 11.3. The minimum atomic E-state index is -0.713. The zero-order valence-corrected chi connectivity index (χ0v) is 25.0. The average molecular weight is 623 g/mol.